The molecule has 2 unspecified atom stereocenters. The first-order chi connectivity index (χ1) is 17.6. The molecule has 0 saturated carbocycles. The Morgan fingerprint density at radius 2 is 1.50 bits per heavy atom. The maximum absolute atomic E-state index is 14.5. The van der Waals surface area contributed by atoms with Crippen LogP contribution in [0.3, 0.4) is 0 Å². The molecule has 0 fully saturated rings. The van der Waals surface area contributed by atoms with E-state index in [1.807, 2.05) is 84.6 Å². The fourth-order valence-corrected chi connectivity index (χ4v) is 7.34. The van der Waals surface area contributed by atoms with E-state index in [2.05, 4.69) is 52.3 Å². The van der Waals surface area contributed by atoms with Crippen LogP contribution in [0.2, 0.25) is 0 Å². The second-order valence-electron chi connectivity index (χ2n) is 8.99. The number of rotatable bonds is 3. The van der Waals surface area contributed by atoms with Gasteiger partial charge in [-0.3, -0.25) is 9.69 Å². The number of carbonyl (C=O) groups excluding carboxylic acids is 1. The molecule has 2 heterocycles. The number of benzene rings is 4. The van der Waals surface area contributed by atoms with Gasteiger partial charge in [0.05, 0.1) is 11.3 Å². The summed E-state index contributed by atoms with van der Waals surface area (Å²) in [5.74, 6) is 0.594. The van der Waals surface area contributed by atoms with Crippen molar-refractivity contribution in [2.45, 2.75) is 29.2 Å². The van der Waals surface area contributed by atoms with Gasteiger partial charge in [0.15, 0.2) is 0 Å². The van der Waals surface area contributed by atoms with Crippen LogP contribution in [0, 0.1) is 0 Å². The van der Waals surface area contributed by atoms with Crippen molar-refractivity contribution in [2.75, 3.05) is 4.90 Å². The molecule has 0 N–H and O–H groups in total. The number of thioether (sulfide) groups is 1. The van der Waals surface area contributed by atoms with E-state index in [-0.39, 0.29) is 11.2 Å². The molecule has 2 atom stereocenters. The first kappa shape index (κ1) is 23.1. The molecule has 0 aromatic heterocycles. The summed E-state index contributed by atoms with van der Waals surface area (Å²) in [4.78, 5) is 17.5. The van der Waals surface area contributed by atoms with Gasteiger partial charge in [0.1, 0.15) is 5.76 Å². The van der Waals surface area contributed by atoms with Crippen LogP contribution in [-0.2, 0) is 15.3 Å². The van der Waals surface area contributed by atoms with Crippen LogP contribution in [0.4, 0.5) is 5.69 Å². The Hall–Kier alpha value is -3.28. The van der Waals surface area contributed by atoms with Gasteiger partial charge in [0, 0.05) is 26.6 Å². The number of amides is 1. The van der Waals surface area contributed by atoms with E-state index in [1.165, 1.54) is 5.56 Å². The van der Waals surface area contributed by atoms with E-state index in [0.29, 0.717) is 17.8 Å². The zero-order valence-electron chi connectivity index (χ0n) is 19.7. The number of fused-ring (bicyclic) bond motifs is 3. The van der Waals surface area contributed by atoms with E-state index in [1.54, 1.807) is 11.8 Å². The number of halogens is 1. The van der Waals surface area contributed by atoms with Crippen molar-refractivity contribution >= 4 is 44.9 Å². The van der Waals surface area contributed by atoms with Crippen molar-refractivity contribution in [1.29, 1.82) is 0 Å². The van der Waals surface area contributed by atoms with Gasteiger partial charge in [0.2, 0.25) is 5.72 Å². The molecule has 6 rings (SSSR count). The first-order valence-electron chi connectivity index (χ1n) is 11.9. The molecule has 4 aromatic rings. The number of hydrogen-bond donors (Lipinski definition) is 0. The molecule has 36 heavy (non-hydrogen) atoms. The van der Waals surface area contributed by atoms with Gasteiger partial charge in [-0.2, -0.15) is 0 Å². The monoisotopic (exact) mass is 553 g/mol. The molecule has 0 spiro atoms. The second kappa shape index (κ2) is 9.30. The molecular weight excluding hydrogens is 530 g/mol. The third-order valence-electron chi connectivity index (χ3n) is 6.83. The Kier molecular flexibility index (Phi) is 5.98. The molecule has 5 heteroatoms. The molecular formula is C31H24BrNO2S. The number of ether oxygens (including phenoxy) is 1. The quantitative estimate of drug-likeness (QED) is 0.255. The number of hydrogen-bond acceptors (Lipinski definition) is 3. The third kappa shape index (κ3) is 3.78. The molecule has 2 aliphatic heterocycles. The van der Waals surface area contributed by atoms with Gasteiger partial charge in [-0.25, -0.2) is 0 Å². The molecule has 4 aromatic carbocycles. The van der Waals surface area contributed by atoms with Crippen molar-refractivity contribution in [3.05, 3.63) is 136 Å². The Morgan fingerprint density at radius 1 is 0.861 bits per heavy atom. The largest absolute Gasteiger partial charge is 0.467 e. The summed E-state index contributed by atoms with van der Waals surface area (Å²) in [6.45, 7) is 1.92. The number of allylic oxidation sites excluding steroid dienone is 1. The zero-order chi connectivity index (χ0) is 24.7. The maximum Gasteiger partial charge on any atom is 0.265 e. The van der Waals surface area contributed by atoms with E-state index < -0.39 is 5.72 Å². The summed E-state index contributed by atoms with van der Waals surface area (Å²) in [5, 5.41) is 0.0470. The highest BCUT2D eigenvalue weighted by Crippen LogP contribution is 2.57. The summed E-state index contributed by atoms with van der Waals surface area (Å²) in [5.41, 5.74) is 3.46. The fraction of sp³-hybridized carbons (Fsp3) is 0.129. The van der Waals surface area contributed by atoms with Crippen molar-refractivity contribution in [2.24, 2.45) is 0 Å². The normalized spacial score (nSPS) is 21.3. The highest BCUT2D eigenvalue weighted by atomic mass is 79.9. The van der Waals surface area contributed by atoms with E-state index >= 15 is 0 Å². The minimum Gasteiger partial charge on any atom is -0.467 e. The Balaban J connectivity index is 1.63. The van der Waals surface area contributed by atoms with Crippen molar-refractivity contribution in [3.8, 4) is 0 Å². The smallest absolute Gasteiger partial charge is 0.265 e. The lowest BCUT2D eigenvalue weighted by Crippen LogP contribution is -2.55. The van der Waals surface area contributed by atoms with E-state index in [4.69, 9.17) is 4.74 Å². The Labute approximate surface area is 223 Å². The summed E-state index contributed by atoms with van der Waals surface area (Å²) in [6.07, 6.45) is 0.587. The fourth-order valence-electron chi connectivity index (χ4n) is 5.25. The molecule has 0 radical (unpaired) electrons. The minimum atomic E-state index is -1.000. The zero-order valence-corrected chi connectivity index (χ0v) is 22.1. The average molecular weight is 555 g/mol. The minimum absolute atomic E-state index is 0.0466. The van der Waals surface area contributed by atoms with Crippen LogP contribution in [0.1, 0.15) is 35.3 Å². The van der Waals surface area contributed by atoms with Gasteiger partial charge >= 0.3 is 0 Å². The van der Waals surface area contributed by atoms with Gasteiger partial charge in [-0.1, -0.05) is 107 Å². The Morgan fingerprint density at radius 3 is 2.25 bits per heavy atom. The molecule has 1 amide bonds. The van der Waals surface area contributed by atoms with Crippen molar-refractivity contribution in [3.63, 3.8) is 0 Å². The van der Waals surface area contributed by atoms with E-state index in [9.17, 15) is 4.79 Å². The molecule has 178 valence electrons. The lowest BCUT2D eigenvalue weighted by atomic mass is 9.89. The summed E-state index contributed by atoms with van der Waals surface area (Å²) >= 11 is 5.56. The summed E-state index contributed by atoms with van der Waals surface area (Å²) < 4.78 is 8.04. The summed E-state index contributed by atoms with van der Waals surface area (Å²) in [7, 11) is 0. The highest BCUT2D eigenvalue weighted by Gasteiger charge is 2.53. The first-order valence-corrected chi connectivity index (χ1v) is 13.6. The van der Waals surface area contributed by atoms with Crippen LogP contribution in [0.15, 0.2) is 124 Å². The van der Waals surface area contributed by atoms with Crippen LogP contribution in [-0.4, -0.2) is 5.91 Å². The van der Waals surface area contributed by atoms with Gasteiger partial charge in [0.25, 0.3) is 5.91 Å². The molecule has 2 aliphatic rings. The molecule has 0 saturated heterocycles. The average Bonchev–Trinajstić information content (AvgIpc) is 3.05. The summed E-state index contributed by atoms with van der Waals surface area (Å²) in [6, 6.07) is 36.5. The number of anilines is 1. The standard InChI is InChI=1S/C31H24BrNO2S/c1-21-29(22-12-4-2-5-13-22)30(34)33-26-18-10-11-19-27(26)36-28(24-16-8-9-17-25(24)32)20-31(33,35-21)23-14-6-3-7-15-23/h2-19,28H,20H2,1H3. The molecule has 3 nitrogen and oxygen atoms in total. The topological polar surface area (TPSA) is 29.5 Å². The van der Waals surface area contributed by atoms with Crippen molar-refractivity contribution < 1.29 is 9.53 Å². The van der Waals surface area contributed by atoms with Gasteiger partial charge < -0.3 is 4.74 Å². The lowest BCUT2D eigenvalue weighted by molar-refractivity contribution is -0.123. The van der Waals surface area contributed by atoms with Gasteiger partial charge in [-0.15, -0.1) is 11.8 Å². The lowest BCUT2D eigenvalue weighted by Gasteiger charge is -2.47. The van der Waals surface area contributed by atoms with Crippen LogP contribution in [0.25, 0.3) is 5.57 Å². The maximum atomic E-state index is 14.5. The van der Waals surface area contributed by atoms with Crippen LogP contribution >= 0.6 is 27.7 Å². The predicted molar refractivity (Wildman–Crippen MR) is 150 cm³/mol. The van der Waals surface area contributed by atoms with Crippen LogP contribution in [0.5, 0.6) is 0 Å². The third-order valence-corrected chi connectivity index (χ3v) is 8.86. The number of nitrogens with zero attached hydrogens (tertiary/aromatic N) is 1. The van der Waals surface area contributed by atoms with Crippen LogP contribution < -0.4 is 4.90 Å². The SMILES string of the molecule is CC1=C(c2ccccc2)C(=O)N2c3ccccc3SC(c3ccccc3Br)CC2(c2ccccc2)O1. The Bertz CT molecular complexity index is 1470. The van der Waals surface area contributed by atoms with Gasteiger partial charge in [-0.05, 0) is 36.2 Å². The number of para-hydroxylation sites is 1. The van der Waals surface area contributed by atoms with E-state index in [0.717, 1.165) is 26.2 Å². The van der Waals surface area contributed by atoms with Crippen molar-refractivity contribution in [1.82, 2.24) is 0 Å². The molecule has 0 bridgehead atoms. The predicted octanol–water partition coefficient (Wildman–Crippen LogP) is 8.33. The second-order valence-corrected chi connectivity index (χ2v) is 11.1. The number of carbonyl (C=O) groups is 1. The highest BCUT2D eigenvalue weighted by molar-refractivity contribution is 9.10. The molecule has 0 aliphatic carbocycles.